The summed E-state index contributed by atoms with van der Waals surface area (Å²) in [5.74, 6) is 0. The molecule has 1 aromatic carbocycles. The lowest BCUT2D eigenvalue weighted by Crippen LogP contribution is -1.99. The van der Waals surface area contributed by atoms with Crippen molar-refractivity contribution >= 4 is 22.8 Å². The van der Waals surface area contributed by atoms with Crippen molar-refractivity contribution in [2.45, 2.75) is 13.5 Å². The summed E-state index contributed by atoms with van der Waals surface area (Å²) in [6.07, 6.45) is 3.40. The summed E-state index contributed by atoms with van der Waals surface area (Å²) in [5, 5.41) is 0.244. The Balaban J connectivity index is 2.02. The Hall–Kier alpha value is -1.94. The largest absolute Gasteiger partial charge is 0.311 e. The lowest BCUT2D eigenvalue weighted by Gasteiger charge is -2.04. The minimum Gasteiger partial charge on any atom is -0.311 e. The van der Waals surface area contributed by atoms with Gasteiger partial charge in [-0.05, 0) is 24.1 Å². The smallest absolute Gasteiger partial charge is 0.224 e. The molecule has 2 heterocycles. The van der Waals surface area contributed by atoms with Crippen LogP contribution in [0.4, 0.5) is 0 Å². The SMILES string of the molecule is Cc1cccc(Cn2cnc3cnc(Cl)nc32)c1. The Kier molecular flexibility index (Phi) is 2.72. The van der Waals surface area contributed by atoms with E-state index < -0.39 is 0 Å². The average molecular weight is 259 g/mol. The molecule has 0 aliphatic carbocycles. The molecule has 2 aromatic heterocycles. The summed E-state index contributed by atoms with van der Waals surface area (Å²) in [6, 6.07) is 8.36. The zero-order valence-corrected chi connectivity index (χ0v) is 10.6. The second-order valence-corrected chi connectivity index (χ2v) is 4.55. The first-order chi connectivity index (χ1) is 8.72. The van der Waals surface area contributed by atoms with Gasteiger partial charge in [-0.25, -0.2) is 9.97 Å². The van der Waals surface area contributed by atoms with Crippen LogP contribution in [0.1, 0.15) is 11.1 Å². The van der Waals surface area contributed by atoms with Crippen molar-refractivity contribution in [1.82, 2.24) is 19.5 Å². The molecular formula is C13H11ClN4. The van der Waals surface area contributed by atoms with E-state index in [1.54, 1.807) is 12.5 Å². The molecule has 0 atom stereocenters. The summed E-state index contributed by atoms with van der Waals surface area (Å²) in [6.45, 7) is 2.81. The molecule has 0 bridgehead atoms. The number of aryl methyl sites for hydroxylation is 1. The van der Waals surface area contributed by atoms with E-state index in [2.05, 4.69) is 40.1 Å². The maximum atomic E-state index is 5.81. The predicted octanol–water partition coefficient (Wildman–Crippen LogP) is 2.84. The van der Waals surface area contributed by atoms with Crippen molar-refractivity contribution < 1.29 is 0 Å². The van der Waals surface area contributed by atoms with Crippen LogP contribution in [0, 0.1) is 6.92 Å². The minimum atomic E-state index is 0.244. The van der Waals surface area contributed by atoms with Crippen molar-refractivity contribution in [3.63, 3.8) is 0 Å². The molecule has 0 amide bonds. The van der Waals surface area contributed by atoms with Crippen LogP contribution < -0.4 is 0 Å². The summed E-state index contributed by atoms with van der Waals surface area (Å²) in [5.41, 5.74) is 3.97. The van der Waals surface area contributed by atoms with Gasteiger partial charge in [0.1, 0.15) is 5.52 Å². The van der Waals surface area contributed by atoms with Gasteiger partial charge in [0.2, 0.25) is 5.28 Å². The number of benzene rings is 1. The molecule has 0 saturated heterocycles. The van der Waals surface area contributed by atoms with E-state index >= 15 is 0 Å². The number of nitrogens with zero attached hydrogens (tertiary/aromatic N) is 4. The molecule has 3 rings (SSSR count). The predicted molar refractivity (Wildman–Crippen MR) is 70.6 cm³/mol. The van der Waals surface area contributed by atoms with E-state index in [1.807, 2.05) is 10.6 Å². The minimum absolute atomic E-state index is 0.244. The van der Waals surface area contributed by atoms with Gasteiger partial charge in [0.15, 0.2) is 5.65 Å². The van der Waals surface area contributed by atoms with E-state index in [9.17, 15) is 0 Å². The molecule has 4 nitrogen and oxygen atoms in total. The number of halogens is 1. The van der Waals surface area contributed by atoms with Crippen molar-refractivity contribution in [2.24, 2.45) is 0 Å². The first kappa shape index (κ1) is 11.2. The number of fused-ring (bicyclic) bond motifs is 1. The molecular weight excluding hydrogens is 248 g/mol. The number of hydrogen-bond donors (Lipinski definition) is 0. The summed E-state index contributed by atoms with van der Waals surface area (Å²) in [4.78, 5) is 12.4. The summed E-state index contributed by atoms with van der Waals surface area (Å²) in [7, 11) is 0. The fourth-order valence-electron chi connectivity index (χ4n) is 1.96. The van der Waals surface area contributed by atoms with Crippen LogP contribution in [-0.2, 0) is 6.54 Å². The number of aromatic nitrogens is 4. The van der Waals surface area contributed by atoms with Gasteiger partial charge < -0.3 is 4.57 Å². The molecule has 3 aromatic rings. The number of imidazole rings is 1. The first-order valence-corrected chi connectivity index (χ1v) is 5.99. The highest BCUT2D eigenvalue weighted by Gasteiger charge is 2.06. The molecule has 0 aliphatic heterocycles. The van der Waals surface area contributed by atoms with E-state index in [0.717, 1.165) is 17.7 Å². The second kappa shape index (κ2) is 4.38. The van der Waals surface area contributed by atoms with E-state index in [1.165, 1.54) is 11.1 Å². The van der Waals surface area contributed by atoms with Gasteiger partial charge in [-0.1, -0.05) is 29.8 Å². The zero-order valence-electron chi connectivity index (χ0n) is 9.84. The topological polar surface area (TPSA) is 43.6 Å². The first-order valence-electron chi connectivity index (χ1n) is 5.61. The third-order valence-corrected chi connectivity index (χ3v) is 2.95. The monoisotopic (exact) mass is 258 g/mol. The van der Waals surface area contributed by atoms with Crippen LogP contribution in [-0.4, -0.2) is 19.5 Å². The van der Waals surface area contributed by atoms with Crippen molar-refractivity contribution in [1.29, 1.82) is 0 Å². The third kappa shape index (κ3) is 2.07. The maximum Gasteiger partial charge on any atom is 0.224 e. The van der Waals surface area contributed by atoms with Gasteiger partial charge >= 0.3 is 0 Å². The number of hydrogen-bond acceptors (Lipinski definition) is 3. The van der Waals surface area contributed by atoms with Gasteiger partial charge in [-0.15, -0.1) is 0 Å². The zero-order chi connectivity index (χ0) is 12.5. The van der Waals surface area contributed by atoms with Crippen LogP contribution in [0.25, 0.3) is 11.2 Å². The summed E-state index contributed by atoms with van der Waals surface area (Å²) < 4.78 is 1.97. The molecule has 0 N–H and O–H groups in total. The van der Waals surface area contributed by atoms with Crippen molar-refractivity contribution in [3.05, 3.63) is 53.2 Å². The number of rotatable bonds is 2. The molecule has 18 heavy (non-hydrogen) atoms. The summed E-state index contributed by atoms with van der Waals surface area (Å²) >= 11 is 5.81. The molecule has 0 unspecified atom stereocenters. The van der Waals surface area contributed by atoms with Crippen LogP contribution >= 0.6 is 11.6 Å². The average Bonchev–Trinajstić information content (AvgIpc) is 2.72. The Morgan fingerprint density at radius 1 is 1.28 bits per heavy atom. The van der Waals surface area contributed by atoms with Crippen LogP contribution in [0.2, 0.25) is 5.28 Å². The third-order valence-electron chi connectivity index (χ3n) is 2.76. The highest BCUT2D eigenvalue weighted by Crippen LogP contribution is 2.14. The van der Waals surface area contributed by atoms with Crippen molar-refractivity contribution in [2.75, 3.05) is 0 Å². The van der Waals surface area contributed by atoms with Gasteiger partial charge in [-0.2, -0.15) is 4.98 Å². The lowest BCUT2D eigenvalue weighted by molar-refractivity contribution is 0.812. The van der Waals surface area contributed by atoms with E-state index in [-0.39, 0.29) is 5.28 Å². The molecule has 0 saturated carbocycles. The molecule has 5 heteroatoms. The normalized spacial score (nSPS) is 11.0. The van der Waals surface area contributed by atoms with E-state index in [0.29, 0.717) is 0 Å². The standard InChI is InChI=1S/C13H11ClN4/c1-9-3-2-4-10(5-9)7-18-8-16-11-6-15-13(14)17-12(11)18/h2-6,8H,7H2,1H3. The lowest BCUT2D eigenvalue weighted by atomic mass is 10.1. The van der Waals surface area contributed by atoms with Crippen LogP contribution in [0.5, 0.6) is 0 Å². The maximum absolute atomic E-state index is 5.81. The second-order valence-electron chi connectivity index (χ2n) is 4.21. The van der Waals surface area contributed by atoms with Gasteiger partial charge in [0.05, 0.1) is 19.1 Å². The Labute approximate surface area is 109 Å². The van der Waals surface area contributed by atoms with Crippen molar-refractivity contribution in [3.8, 4) is 0 Å². The molecule has 90 valence electrons. The fourth-order valence-corrected chi connectivity index (χ4v) is 2.09. The molecule has 0 fully saturated rings. The Morgan fingerprint density at radius 2 is 2.17 bits per heavy atom. The highest BCUT2D eigenvalue weighted by molar-refractivity contribution is 6.28. The van der Waals surface area contributed by atoms with Crippen LogP contribution in [0.15, 0.2) is 36.8 Å². The fraction of sp³-hybridized carbons (Fsp3) is 0.154. The Bertz CT molecular complexity index is 705. The Morgan fingerprint density at radius 3 is 3.00 bits per heavy atom. The van der Waals surface area contributed by atoms with Gasteiger partial charge in [-0.3, -0.25) is 0 Å². The van der Waals surface area contributed by atoms with E-state index in [4.69, 9.17) is 11.6 Å². The molecule has 0 aliphatic rings. The van der Waals surface area contributed by atoms with Crippen LogP contribution in [0.3, 0.4) is 0 Å². The quantitative estimate of drug-likeness (QED) is 0.664. The molecule has 0 spiro atoms. The van der Waals surface area contributed by atoms with Gasteiger partial charge in [0, 0.05) is 0 Å². The van der Waals surface area contributed by atoms with Gasteiger partial charge in [0.25, 0.3) is 0 Å². The highest BCUT2D eigenvalue weighted by atomic mass is 35.5. The molecule has 0 radical (unpaired) electrons.